The van der Waals surface area contributed by atoms with E-state index in [0.717, 1.165) is 32.4 Å². The summed E-state index contributed by atoms with van der Waals surface area (Å²) in [6.07, 6.45) is 4.43. The van der Waals surface area contributed by atoms with Crippen molar-refractivity contribution in [1.82, 2.24) is 25.3 Å². The minimum atomic E-state index is -0.171. The third kappa shape index (κ3) is 4.71. The van der Waals surface area contributed by atoms with E-state index in [1.165, 1.54) is 0 Å². The molecule has 1 saturated heterocycles. The number of piperidine rings is 1. The maximum atomic E-state index is 12.5. The SMILES string of the molecule is CCC(C)(C)NC(=O)C(C)N1CCC(c2nc(-c3ccccn3)no2)CC1. The number of rotatable bonds is 6. The molecular formula is C20H29N5O2. The number of carbonyl (C=O) groups is 1. The number of pyridine rings is 1. The monoisotopic (exact) mass is 371 g/mol. The number of nitrogens with zero attached hydrogens (tertiary/aromatic N) is 4. The van der Waals surface area contributed by atoms with Crippen LogP contribution in [0, 0.1) is 0 Å². The molecule has 0 aliphatic carbocycles. The fourth-order valence-corrected chi connectivity index (χ4v) is 3.23. The van der Waals surface area contributed by atoms with Crippen molar-refractivity contribution in [1.29, 1.82) is 0 Å². The van der Waals surface area contributed by atoms with Gasteiger partial charge in [-0.25, -0.2) is 0 Å². The summed E-state index contributed by atoms with van der Waals surface area (Å²) in [6, 6.07) is 5.50. The van der Waals surface area contributed by atoms with E-state index in [2.05, 4.69) is 46.1 Å². The zero-order chi connectivity index (χ0) is 19.4. The summed E-state index contributed by atoms with van der Waals surface area (Å²) in [4.78, 5) is 23.5. The summed E-state index contributed by atoms with van der Waals surface area (Å²) < 4.78 is 5.48. The Morgan fingerprint density at radius 2 is 2.11 bits per heavy atom. The van der Waals surface area contributed by atoms with Gasteiger partial charge in [0.1, 0.15) is 5.69 Å². The van der Waals surface area contributed by atoms with Gasteiger partial charge in [-0.1, -0.05) is 18.1 Å². The van der Waals surface area contributed by atoms with Gasteiger partial charge in [-0.3, -0.25) is 14.7 Å². The molecule has 1 aliphatic rings. The van der Waals surface area contributed by atoms with Crippen LogP contribution in [-0.2, 0) is 4.79 Å². The van der Waals surface area contributed by atoms with Gasteiger partial charge in [-0.15, -0.1) is 0 Å². The normalized spacial score (nSPS) is 17.6. The van der Waals surface area contributed by atoms with Crippen molar-refractivity contribution in [3.05, 3.63) is 30.3 Å². The predicted molar refractivity (Wildman–Crippen MR) is 103 cm³/mol. The molecule has 3 heterocycles. The fourth-order valence-electron chi connectivity index (χ4n) is 3.23. The average Bonchev–Trinajstić information content (AvgIpc) is 3.18. The molecule has 0 aromatic carbocycles. The lowest BCUT2D eigenvalue weighted by atomic mass is 9.95. The lowest BCUT2D eigenvalue weighted by molar-refractivity contribution is -0.128. The van der Waals surface area contributed by atoms with E-state index in [9.17, 15) is 4.79 Å². The Balaban J connectivity index is 1.56. The molecule has 3 rings (SSSR count). The van der Waals surface area contributed by atoms with Crippen LogP contribution in [0.4, 0.5) is 0 Å². The summed E-state index contributed by atoms with van der Waals surface area (Å²) in [5.41, 5.74) is 0.545. The van der Waals surface area contributed by atoms with Gasteiger partial charge in [0, 0.05) is 17.7 Å². The van der Waals surface area contributed by atoms with E-state index in [4.69, 9.17) is 4.52 Å². The van der Waals surface area contributed by atoms with Crippen molar-refractivity contribution in [2.24, 2.45) is 0 Å². The number of amides is 1. The van der Waals surface area contributed by atoms with Gasteiger partial charge in [0.15, 0.2) is 0 Å². The first-order valence-corrected chi connectivity index (χ1v) is 9.70. The van der Waals surface area contributed by atoms with Crippen LogP contribution in [0.1, 0.15) is 58.8 Å². The van der Waals surface area contributed by atoms with Gasteiger partial charge in [-0.05, 0) is 65.3 Å². The number of likely N-dealkylation sites (tertiary alicyclic amines) is 1. The number of nitrogens with one attached hydrogen (secondary N) is 1. The van der Waals surface area contributed by atoms with Crippen LogP contribution in [0.15, 0.2) is 28.9 Å². The van der Waals surface area contributed by atoms with E-state index in [1.54, 1.807) is 6.20 Å². The second kappa shape index (κ2) is 8.17. The maximum absolute atomic E-state index is 12.5. The summed E-state index contributed by atoms with van der Waals surface area (Å²) in [6.45, 7) is 9.85. The number of aromatic nitrogens is 3. The van der Waals surface area contributed by atoms with Crippen LogP contribution in [0.25, 0.3) is 11.5 Å². The number of carbonyl (C=O) groups excluding carboxylic acids is 1. The molecule has 0 bridgehead atoms. The van der Waals surface area contributed by atoms with Crippen molar-refractivity contribution in [3.8, 4) is 11.5 Å². The average molecular weight is 371 g/mol. The summed E-state index contributed by atoms with van der Waals surface area (Å²) >= 11 is 0. The van der Waals surface area contributed by atoms with Crippen LogP contribution in [0.2, 0.25) is 0 Å². The molecule has 0 spiro atoms. The molecule has 146 valence electrons. The second-order valence-electron chi connectivity index (χ2n) is 7.88. The Kier molecular flexibility index (Phi) is 5.89. The second-order valence-corrected chi connectivity index (χ2v) is 7.88. The number of hydrogen-bond acceptors (Lipinski definition) is 6. The van der Waals surface area contributed by atoms with Crippen LogP contribution in [-0.4, -0.2) is 50.6 Å². The van der Waals surface area contributed by atoms with Crippen LogP contribution < -0.4 is 5.32 Å². The Morgan fingerprint density at radius 3 is 2.74 bits per heavy atom. The van der Waals surface area contributed by atoms with Crippen molar-refractivity contribution in [3.63, 3.8) is 0 Å². The molecule has 0 radical (unpaired) electrons. The molecule has 1 N–H and O–H groups in total. The van der Waals surface area contributed by atoms with E-state index in [0.29, 0.717) is 17.4 Å². The number of hydrogen-bond donors (Lipinski definition) is 1. The molecule has 1 amide bonds. The molecule has 27 heavy (non-hydrogen) atoms. The lowest BCUT2D eigenvalue weighted by Crippen LogP contribution is -2.53. The zero-order valence-corrected chi connectivity index (χ0v) is 16.6. The van der Waals surface area contributed by atoms with E-state index >= 15 is 0 Å². The molecule has 1 unspecified atom stereocenters. The fraction of sp³-hybridized carbons (Fsp3) is 0.600. The molecule has 2 aromatic rings. The first-order valence-electron chi connectivity index (χ1n) is 9.70. The molecular weight excluding hydrogens is 342 g/mol. The molecule has 1 fully saturated rings. The molecule has 7 nitrogen and oxygen atoms in total. The Morgan fingerprint density at radius 1 is 1.37 bits per heavy atom. The highest BCUT2D eigenvalue weighted by Gasteiger charge is 2.31. The van der Waals surface area contributed by atoms with Crippen LogP contribution in [0.5, 0.6) is 0 Å². The van der Waals surface area contributed by atoms with Gasteiger partial charge in [-0.2, -0.15) is 4.98 Å². The Labute approximate surface area is 160 Å². The van der Waals surface area contributed by atoms with Crippen LogP contribution >= 0.6 is 0 Å². The van der Waals surface area contributed by atoms with Crippen LogP contribution in [0.3, 0.4) is 0 Å². The largest absolute Gasteiger partial charge is 0.350 e. The van der Waals surface area contributed by atoms with Crippen molar-refractivity contribution in [2.75, 3.05) is 13.1 Å². The van der Waals surface area contributed by atoms with Gasteiger partial charge in [0.05, 0.1) is 6.04 Å². The van der Waals surface area contributed by atoms with Crippen molar-refractivity contribution in [2.45, 2.75) is 64.5 Å². The van der Waals surface area contributed by atoms with Crippen molar-refractivity contribution >= 4 is 5.91 Å². The topological polar surface area (TPSA) is 84.2 Å². The Bertz CT molecular complexity index is 751. The Hall–Kier alpha value is -2.28. The molecule has 0 saturated carbocycles. The standard InChI is InChI=1S/C20H29N5O2/c1-5-20(3,4)23-18(26)14(2)25-12-9-15(10-13-25)19-22-17(24-27-19)16-8-6-7-11-21-16/h6-8,11,14-15H,5,9-10,12-13H2,1-4H3,(H,23,26). The highest BCUT2D eigenvalue weighted by molar-refractivity contribution is 5.82. The molecule has 7 heteroatoms. The first kappa shape index (κ1) is 19.5. The van der Waals surface area contributed by atoms with E-state index in [-0.39, 0.29) is 23.4 Å². The summed E-state index contributed by atoms with van der Waals surface area (Å²) in [7, 11) is 0. The minimum Gasteiger partial charge on any atom is -0.350 e. The smallest absolute Gasteiger partial charge is 0.237 e. The van der Waals surface area contributed by atoms with Gasteiger partial charge in [0.2, 0.25) is 17.6 Å². The van der Waals surface area contributed by atoms with Gasteiger partial charge >= 0.3 is 0 Å². The molecule has 1 aliphatic heterocycles. The highest BCUT2D eigenvalue weighted by Crippen LogP contribution is 2.29. The molecule has 2 aromatic heterocycles. The lowest BCUT2D eigenvalue weighted by Gasteiger charge is -2.36. The first-order chi connectivity index (χ1) is 12.9. The summed E-state index contributed by atoms with van der Waals surface area (Å²) in [5, 5.41) is 7.21. The van der Waals surface area contributed by atoms with Gasteiger partial charge in [0.25, 0.3) is 0 Å². The van der Waals surface area contributed by atoms with E-state index < -0.39 is 0 Å². The van der Waals surface area contributed by atoms with Gasteiger partial charge < -0.3 is 9.84 Å². The zero-order valence-electron chi connectivity index (χ0n) is 16.6. The minimum absolute atomic E-state index is 0.0931. The summed E-state index contributed by atoms with van der Waals surface area (Å²) in [5.74, 6) is 1.52. The predicted octanol–water partition coefficient (Wildman–Crippen LogP) is 3.00. The van der Waals surface area contributed by atoms with E-state index in [1.807, 2.05) is 25.1 Å². The van der Waals surface area contributed by atoms with Crippen molar-refractivity contribution < 1.29 is 9.32 Å². The maximum Gasteiger partial charge on any atom is 0.237 e. The third-order valence-electron chi connectivity index (χ3n) is 5.49. The molecule has 1 atom stereocenters. The third-order valence-corrected chi connectivity index (χ3v) is 5.49. The highest BCUT2D eigenvalue weighted by atomic mass is 16.5. The quantitative estimate of drug-likeness (QED) is 0.840.